The summed E-state index contributed by atoms with van der Waals surface area (Å²) in [6.45, 7) is 0. The lowest BCUT2D eigenvalue weighted by Crippen LogP contribution is -2.04. The highest BCUT2D eigenvalue weighted by Crippen LogP contribution is 2.36. The number of para-hydroxylation sites is 1. The third kappa shape index (κ3) is 2.94. The van der Waals surface area contributed by atoms with E-state index in [-0.39, 0.29) is 17.1 Å². The molecular weight excluding hydrogens is 282 g/mol. The van der Waals surface area contributed by atoms with Crippen molar-refractivity contribution < 1.29 is 27.8 Å². The monoisotopic (exact) mass is 294 g/mol. The largest absolute Gasteiger partial charge is 0.493 e. The highest BCUT2D eigenvalue weighted by Gasteiger charge is 2.20. The summed E-state index contributed by atoms with van der Waals surface area (Å²) in [6, 6.07) is 8.23. The molecule has 0 spiro atoms. The van der Waals surface area contributed by atoms with E-state index in [4.69, 9.17) is 9.47 Å². The average Bonchev–Trinajstić information content (AvgIpc) is 2.52. The second-order valence-electron chi connectivity index (χ2n) is 3.98. The Morgan fingerprint density at radius 3 is 2.38 bits per heavy atom. The van der Waals surface area contributed by atoms with E-state index in [9.17, 15) is 13.6 Å². The van der Waals surface area contributed by atoms with Crippen molar-refractivity contribution in [2.24, 2.45) is 0 Å². The van der Waals surface area contributed by atoms with E-state index in [2.05, 4.69) is 4.74 Å². The summed E-state index contributed by atoms with van der Waals surface area (Å²) >= 11 is 0. The van der Waals surface area contributed by atoms with Gasteiger partial charge in [-0.25, -0.2) is 9.18 Å². The lowest BCUT2D eigenvalue weighted by atomic mass is 10.2. The molecule has 0 aliphatic rings. The summed E-state index contributed by atoms with van der Waals surface area (Å²) in [7, 11) is 2.51. The number of halogens is 2. The molecule has 110 valence electrons. The van der Waals surface area contributed by atoms with Crippen LogP contribution in [0, 0.1) is 11.6 Å². The van der Waals surface area contributed by atoms with Crippen LogP contribution < -0.4 is 9.47 Å². The van der Waals surface area contributed by atoms with E-state index < -0.39 is 23.4 Å². The molecule has 0 heterocycles. The van der Waals surface area contributed by atoms with Gasteiger partial charge in [0.25, 0.3) is 0 Å². The van der Waals surface area contributed by atoms with Crippen LogP contribution in [0.1, 0.15) is 10.4 Å². The summed E-state index contributed by atoms with van der Waals surface area (Å²) < 4.78 is 42.0. The van der Waals surface area contributed by atoms with Crippen LogP contribution in [0.2, 0.25) is 0 Å². The Morgan fingerprint density at radius 2 is 1.71 bits per heavy atom. The van der Waals surface area contributed by atoms with Gasteiger partial charge >= 0.3 is 5.97 Å². The maximum absolute atomic E-state index is 13.9. The van der Waals surface area contributed by atoms with Gasteiger partial charge in [0, 0.05) is 0 Å². The molecule has 0 saturated carbocycles. The van der Waals surface area contributed by atoms with Gasteiger partial charge in [-0.3, -0.25) is 0 Å². The van der Waals surface area contributed by atoms with E-state index in [1.807, 2.05) is 0 Å². The maximum Gasteiger partial charge on any atom is 0.341 e. The molecule has 0 N–H and O–H groups in total. The van der Waals surface area contributed by atoms with E-state index in [1.54, 1.807) is 12.1 Å². The van der Waals surface area contributed by atoms with Crippen molar-refractivity contribution in [3.8, 4) is 17.2 Å². The highest BCUT2D eigenvalue weighted by molar-refractivity contribution is 5.92. The molecule has 0 aromatic heterocycles. The molecule has 4 nitrogen and oxygen atoms in total. The van der Waals surface area contributed by atoms with Crippen molar-refractivity contribution in [3.63, 3.8) is 0 Å². The molecule has 21 heavy (non-hydrogen) atoms. The van der Waals surface area contributed by atoms with Gasteiger partial charge in [-0.2, -0.15) is 4.39 Å². The van der Waals surface area contributed by atoms with Crippen LogP contribution in [0.5, 0.6) is 17.2 Å². The predicted octanol–water partition coefficient (Wildman–Crippen LogP) is 3.55. The van der Waals surface area contributed by atoms with Crippen LogP contribution in [-0.4, -0.2) is 20.2 Å². The number of benzene rings is 2. The first-order valence-electron chi connectivity index (χ1n) is 5.95. The highest BCUT2D eigenvalue weighted by atomic mass is 19.2. The molecule has 0 fully saturated rings. The Morgan fingerprint density at radius 1 is 1.00 bits per heavy atom. The Labute approximate surface area is 119 Å². The zero-order valence-corrected chi connectivity index (χ0v) is 11.4. The van der Waals surface area contributed by atoms with Crippen LogP contribution in [0.3, 0.4) is 0 Å². The number of carbonyl (C=O) groups excluding carboxylic acids is 1. The van der Waals surface area contributed by atoms with Crippen molar-refractivity contribution in [2.75, 3.05) is 14.2 Å². The summed E-state index contributed by atoms with van der Waals surface area (Å²) in [5, 5.41) is 0. The van der Waals surface area contributed by atoms with Gasteiger partial charge in [-0.1, -0.05) is 12.1 Å². The van der Waals surface area contributed by atoms with Gasteiger partial charge in [0.1, 0.15) is 11.3 Å². The fourth-order valence-corrected chi connectivity index (χ4v) is 1.71. The van der Waals surface area contributed by atoms with Crippen LogP contribution in [0.25, 0.3) is 0 Å². The van der Waals surface area contributed by atoms with Crippen LogP contribution in [0.4, 0.5) is 8.78 Å². The number of rotatable bonds is 4. The quantitative estimate of drug-likeness (QED) is 0.809. The minimum absolute atomic E-state index is 0.00793. The van der Waals surface area contributed by atoms with E-state index in [1.165, 1.54) is 32.4 Å². The lowest BCUT2D eigenvalue weighted by Gasteiger charge is -2.13. The fourth-order valence-electron chi connectivity index (χ4n) is 1.71. The first-order valence-corrected chi connectivity index (χ1v) is 5.95. The summed E-state index contributed by atoms with van der Waals surface area (Å²) in [6.07, 6.45) is 0. The SMILES string of the molecule is COC(=O)c1ccccc1Oc1c(OC)ccc(F)c1F. The molecule has 6 heteroatoms. The molecule has 0 unspecified atom stereocenters. The molecule has 0 saturated heterocycles. The Bertz CT molecular complexity index is 671. The molecule has 0 aliphatic heterocycles. The van der Waals surface area contributed by atoms with Crippen molar-refractivity contribution >= 4 is 5.97 Å². The smallest absolute Gasteiger partial charge is 0.341 e. The van der Waals surface area contributed by atoms with Crippen molar-refractivity contribution in [2.45, 2.75) is 0 Å². The summed E-state index contributed by atoms with van der Waals surface area (Å²) in [5.74, 6) is -3.33. The predicted molar refractivity (Wildman–Crippen MR) is 70.8 cm³/mol. The molecule has 0 amide bonds. The van der Waals surface area contributed by atoms with E-state index in [0.717, 1.165) is 6.07 Å². The fraction of sp³-hybridized carbons (Fsp3) is 0.133. The molecule has 2 aromatic carbocycles. The molecule has 0 aliphatic carbocycles. The summed E-state index contributed by atoms with van der Waals surface area (Å²) in [4.78, 5) is 11.6. The van der Waals surface area contributed by atoms with E-state index >= 15 is 0 Å². The van der Waals surface area contributed by atoms with Crippen molar-refractivity contribution in [3.05, 3.63) is 53.6 Å². The number of hydrogen-bond acceptors (Lipinski definition) is 4. The van der Waals surface area contributed by atoms with Gasteiger partial charge in [-0.15, -0.1) is 0 Å². The van der Waals surface area contributed by atoms with Crippen LogP contribution in [0.15, 0.2) is 36.4 Å². The van der Waals surface area contributed by atoms with Gasteiger partial charge in [0.15, 0.2) is 11.6 Å². The second-order valence-corrected chi connectivity index (χ2v) is 3.98. The minimum Gasteiger partial charge on any atom is -0.493 e. The lowest BCUT2D eigenvalue weighted by molar-refractivity contribution is 0.0597. The standard InChI is InChI=1S/C15H12F2O4/c1-19-12-8-7-10(16)13(17)14(12)21-11-6-4-3-5-9(11)15(18)20-2/h3-8H,1-2H3. The number of carbonyl (C=O) groups is 1. The number of hydrogen-bond donors (Lipinski definition) is 0. The second kappa shape index (κ2) is 6.21. The molecular formula is C15H12F2O4. The molecule has 2 rings (SSSR count). The van der Waals surface area contributed by atoms with Crippen LogP contribution >= 0.6 is 0 Å². The molecule has 0 bridgehead atoms. The zero-order valence-electron chi connectivity index (χ0n) is 11.4. The third-order valence-corrected chi connectivity index (χ3v) is 2.74. The normalized spacial score (nSPS) is 10.1. The Kier molecular flexibility index (Phi) is 4.37. The van der Waals surface area contributed by atoms with Gasteiger partial charge in [-0.05, 0) is 24.3 Å². The first-order chi connectivity index (χ1) is 10.1. The van der Waals surface area contributed by atoms with Crippen LogP contribution in [-0.2, 0) is 4.74 Å². The third-order valence-electron chi connectivity index (χ3n) is 2.74. The number of methoxy groups -OCH3 is 2. The Hall–Kier alpha value is -2.63. The molecule has 0 atom stereocenters. The van der Waals surface area contributed by atoms with Gasteiger partial charge in [0.05, 0.1) is 14.2 Å². The van der Waals surface area contributed by atoms with E-state index in [0.29, 0.717) is 0 Å². The topological polar surface area (TPSA) is 44.8 Å². The van der Waals surface area contributed by atoms with Gasteiger partial charge < -0.3 is 14.2 Å². The summed E-state index contributed by atoms with van der Waals surface area (Å²) in [5.41, 5.74) is 0.0886. The Balaban J connectivity index is 2.48. The molecule has 2 aromatic rings. The van der Waals surface area contributed by atoms with Crippen molar-refractivity contribution in [1.29, 1.82) is 0 Å². The molecule has 0 radical (unpaired) electrons. The van der Waals surface area contributed by atoms with Gasteiger partial charge in [0.2, 0.25) is 11.6 Å². The zero-order chi connectivity index (χ0) is 15.4. The maximum atomic E-state index is 13.9. The number of ether oxygens (including phenoxy) is 3. The van der Waals surface area contributed by atoms with Crippen molar-refractivity contribution in [1.82, 2.24) is 0 Å². The first kappa shape index (κ1) is 14.8. The number of esters is 1. The minimum atomic E-state index is -1.20. The average molecular weight is 294 g/mol.